The van der Waals surface area contributed by atoms with Gasteiger partial charge in [-0.25, -0.2) is 0 Å². The Labute approximate surface area is 260 Å². The number of ether oxygens (including phenoxy) is 2. The van der Waals surface area contributed by atoms with E-state index in [1.807, 2.05) is 60.7 Å². The zero-order valence-electron chi connectivity index (χ0n) is 22.6. The van der Waals surface area contributed by atoms with Crippen molar-refractivity contribution in [3.05, 3.63) is 125 Å². The SMILES string of the molecule is Clc1cc(Cl)c(Oc2ccc(-c3nnc(-c4ccccc4)o3)cc2)nc1Oc1ccc(-c2nnc(-c3ccccc3)o2)cc1. The smallest absolute Gasteiger partial charge is 0.248 e. The molecule has 0 N–H and O–H groups in total. The zero-order valence-corrected chi connectivity index (χ0v) is 24.1. The largest absolute Gasteiger partial charge is 0.437 e. The molecule has 44 heavy (non-hydrogen) atoms. The predicted octanol–water partition coefficient (Wildman–Crippen LogP) is 9.41. The normalized spacial score (nSPS) is 11.0. The second kappa shape index (κ2) is 12.0. The number of nitrogens with zero attached hydrogens (tertiary/aromatic N) is 5. The molecule has 0 amide bonds. The third kappa shape index (κ3) is 5.87. The van der Waals surface area contributed by atoms with Crippen LogP contribution in [0.4, 0.5) is 0 Å². The first kappa shape index (κ1) is 27.3. The molecule has 7 aromatic rings. The quantitative estimate of drug-likeness (QED) is 0.164. The van der Waals surface area contributed by atoms with Gasteiger partial charge in [-0.05, 0) is 78.9 Å². The van der Waals surface area contributed by atoms with Gasteiger partial charge in [0.25, 0.3) is 0 Å². The van der Waals surface area contributed by atoms with E-state index in [0.717, 1.165) is 22.3 Å². The lowest BCUT2D eigenvalue weighted by molar-refractivity contribution is 0.426. The molecule has 7 rings (SSSR count). The van der Waals surface area contributed by atoms with Gasteiger partial charge in [0.15, 0.2) is 0 Å². The van der Waals surface area contributed by atoms with Crippen molar-refractivity contribution in [2.75, 3.05) is 0 Å². The lowest BCUT2D eigenvalue weighted by Crippen LogP contribution is -1.94. The van der Waals surface area contributed by atoms with Crippen molar-refractivity contribution in [1.82, 2.24) is 25.4 Å². The van der Waals surface area contributed by atoms with Crippen LogP contribution in [0.1, 0.15) is 0 Å². The second-order valence-corrected chi connectivity index (χ2v) is 10.2. The summed E-state index contributed by atoms with van der Waals surface area (Å²) < 4.78 is 23.6. The Morgan fingerprint density at radius 2 is 0.773 bits per heavy atom. The minimum Gasteiger partial charge on any atom is -0.437 e. The Morgan fingerprint density at radius 3 is 1.14 bits per heavy atom. The van der Waals surface area contributed by atoms with Gasteiger partial charge in [0.1, 0.15) is 21.5 Å². The lowest BCUT2D eigenvalue weighted by Gasteiger charge is -2.11. The van der Waals surface area contributed by atoms with Crippen LogP contribution in [0.25, 0.3) is 45.8 Å². The van der Waals surface area contributed by atoms with Crippen LogP contribution in [-0.2, 0) is 0 Å². The molecule has 11 heteroatoms. The van der Waals surface area contributed by atoms with E-state index in [4.69, 9.17) is 41.5 Å². The van der Waals surface area contributed by atoms with Gasteiger partial charge in [-0.2, -0.15) is 4.98 Å². The third-order valence-electron chi connectivity index (χ3n) is 6.39. The Kier molecular flexibility index (Phi) is 7.46. The van der Waals surface area contributed by atoms with Gasteiger partial charge in [-0.15, -0.1) is 20.4 Å². The van der Waals surface area contributed by atoms with Crippen molar-refractivity contribution in [3.8, 4) is 69.1 Å². The summed E-state index contributed by atoms with van der Waals surface area (Å²) in [6.45, 7) is 0. The van der Waals surface area contributed by atoms with E-state index in [1.54, 1.807) is 48.5 Å². The van der Waals surface area contributed by atoms with E-state index in [0.29, 0.717) is 35.1 Å². The molecule has 0 radical (unpaired) electrons. The van der Waals surface area contributed by atoms with Crippen molar-refractivity contribution in [2.45, 2.75) is 0 Å². The fraction of sp³-hybridized carbons (Fsp3) is 0. The topological polar surface area (TPSA) is 109 Å². The van der Waals surface area contributed by atoms with E-state index in [2.05, 4.69) is 25.4 Å². The van der Waals surface area contributed by atoms with Crippen LogP contribution in [-0.4, -0.2) is 25.4 Å². The van der Waals surface area contributed by atoms with Crippen molar-refractivity contribution in [1.29, 1.82) is 0 Å². The average Bonchev–Trinajstić information content (AvgIpc) is 3.76. The molecule has 0 unspecified atom stereocenters. The summed E-state index contributed by atoms with van der Waals surface area (Å²) in [6, 6.07) is 34.8. The Morgan fingerprint density at radius 1 is 0.432 bits per heavy atom. The Balaban J connectivity index is 1.04. The Bertz CT molecular complexity index is 1890. The monoisotopic (exact) mass is 619 g/mol. The highest BCUT2D eigenvalue weighted by atomic mass is 35.5. The molecule has 0 aliphatic rings. The van der Waals surface area contributed by atoms with E-state index in [-0.39, 0.29) is 21.8 Å². The molecule has 0 atom stereocenters. The van der Waals surface area contributed by atoms with E-state index in [1.165, 1.54) is 6.07 Å². The van der Waals surface area contributed by atoms with Crippen LogP contribution in [0.15, 0.2) is 124 Å². The van der Waals surface area contributed by atoms with E-state index in [9.17, 15) is 0 Å². The van der Waals surface area contributed by atoms with Gasteiger partial charge in [-0.1, -0.05) is 59.6 Å². The van der Waals surface area contributed by atoms with E-state index < -0.39 is 0 Å². The molecule has 0 saturated heterocycles. The van der Waals surface area contributed by atoms with Gasteiger partial charge in [0, 0.05) is 22.3 Å². The van der Waals surface area contributed by atoms with Crippen LogP contribution in [0.2, 0.25) is 10.0 Å². The molecule has 0 spiro atoms. The summed E-state index contributed by atoms with van der Waals surface area (Å²) in [6.07, 6.45) is 0. The Hall–Kier alpha value is -5.51. The molecule has 9 nitrogen and oxygen atoms in total. The van der Waals surface area contributed by atoms with Crippen LogP contribution in [0.5, 0.6) is 23.3 Å². The lowest BCUT2D eigenvalue weighted by atomic mass is 10.2. The zero-order chi connectivity index (χ0) is 29.9. The maximum Gasteiger partial charge on any atom is 0.248 e. The fourth-order valence-corrected chi connectivity index (χ4v) is 4.64. The summed E-state index contributed by atoms with van der Waals surface area (Å²) in [5.74, 6) is 2.86. The molecule has 0 saturated carbocycles. The highest BCUT2D eigenvalue weighted by Crippen LogP contribution is 2.37. The molecular weight excluding hydrogens is 601 g/mol. The van der Waals surface area contributed by atoms with Crippen molar-refractivity contribution in [3.63, 3.8) is 0 Å². The number of aromatic nitrogens is 5. The first-order valence-corrected chi connectivity index (χ1v) is 14.0. The number of benzene rings is 4. The van der Waals surface area contributed by atoms with Gasteiger partial charge in [-0.3, -0.25) is 0 Å². The van der Waals surface area contributed by atoms with Crippen LogP contribution >= 0.6 is 23.2 Å². The molecule has 0 bridgehead atoms. The number of hydrogen-bond acceptors (Lipinski definition) is 9. The molecular formula is C33H19Cl2N5O4. The maximum absolute atomic E-state index is 6.39. The standard InChI is InChI=1S/C33H19Cl2N5O4/c34-26-19-27(35)33(42-25-17-13-23(14-18-25)31-40-38-29(44-31)21-9-5-2-6-10-21)36-32(26)41-24-15-11-22(12-16-24)30-39-37-28(43-30)20-7-3-1-4-8-20/h1-19H. The van der Waals surface area contributed by atoms with Gasteiger partial charge in [0.2, 0.25) is 35.3 Å². The predicted molar refractivity (Wildman–Crippen MR) is 165 cm³/mol. The van der Waals surface area contributed by atoms with Gasteiger partial charge in [0.05, 0.1) is 0 Å². The molecule has 0 aliphatic heterocycles. The first-order valence-electron chi connectivity index (χ1n) is 13.3. The molecule has 3 heterocycles. The van der Waals surface area contributed by atoms with Crippen LogP contribution in [0.3, 0.4) is 0 Å². The van der Waals surface area contributed by atoms with Crippen LogP contribution in [0, 0.1) is 0 Å². The summed E-state index contributed by atoms with van der Waals surface area (Å²) in [5.41, 5.74) is 3.14. The summed E-state index contributed by atoms with van der Waals surface area (Å²) >= 11 is 12.8. The highest BCUT2D eigenvalue weighted by molar-refractivity contribution is 6.36. The number of rotatable bonds is 8. The van der Waals surface area contributed by atoms with Gasteiger partial charge >= 0.3 is 0 Å². The second-order valence-electron chi connectivity index (χ2n) is 9.37. The minimum atomic E-state index is 0.124. The average molecular weight is 620 g/mol. The highest BCUT2D eigenvalue weighted by Gasteiger charge is 2.16. The number of hydrogen-bond donors (Lipinski definition) is 0. The fourth-order valence-electron chi connectivity index (χ4n) is 4.21. The third-order valence-corrected chi connectivity index (χ3v) is 6.93. The molecule has 0 fully saturated rings. The molecule has 3 aromatic heterocycles. The number of halogens is 2. The maximum atomic E-state index is 6.39. The molecule has 0 aliphatic carbocycles. The summed E-state index contributed by atoms with van der Waals surface area (Å²) in [5, 5.41) is 17.0. The number of pyridine rings is 1. The summed E-state index contributed by atoms with van der Waals surface area (Å²) in [4.78, 5) is 4.41. The molecule has 4 aromatic carbocycles. The van der Waals surface area contributed by atoms with Gasteiger partial charge < -0.3 is 18.3 Å². The van der Waals surface area contributed by atoms with Crippen molar-refractivity contribution < 1.29 is 18.3 Å². The van der Waals surface area contributed by atoms with Crippen molar-refractivity contribution >= 4 is 23.2 Å². The van der Waals surface area contributed by atoms with Crippen molar-refractivity contribution in [2.24, 2.45) is 0 Å². The van der Waals surface area contributed by atoms with E-state index >= 15 is 0 Å². The molecule has 214 valence electrons. The van der Waals surface area contributed by atoms with Crippen LogP contribution < -0.4 is 9.47 Å². The first-order chi connectivity index (χ1) is 21.6. The minimum absolute atomic E-state index is 0.124. The summed E-state index contributed by atoms with van der Waals surface area (Å²) in [7, 11) is 0.